The molecular weight excluding hydrogens is 468 g/mol. The third-order valence-corrected chi connectivity index (χ3v) is 9.73. The smallest absolute Gasteiger partial charge is 0.243 e. The van der Waals surface area contributed by atoms with Crippen molar-refractivity contribution in [3.05, 3.63) is 58.5 Å². The molecule has 3 aromatic rings. The Morgan fingerprint density at radius 2 is 1.82 bits per heavy atom. The lowest BCUT2D eigenvalue weighted by molar-refractivity contribution is -0.116. The summed E-state index contributed by atoms with van der Waals surface area (Å²) in [6.07, 6.45) is 3.28. The van der Waals surface area contributed by atoms with Crippen LogP contribution in [-0.4, -0.2) is 56.3 Å². The SMILES string of the molecule is N#Cc1c(NC(=O)CCN2CCN(S(=O)(=O)c3ccc4ccccc4c3)CC2)sc2c1CCC2. The molecule has 34 heavy (non-hydrogen) atoms. The Bertz CT molecular complexity index is 1380. The number of carbonyl (C=O) groups is 1. The molecule has 1 amide bonds. The molecule has 2 heterocycles. The number of aryl methyl sites for hydroxylation is 1. The van der Waals surface area contributed by atoms with E-state index >= 15 is 0 Å². The molecule has 0 saturated carbocycles. The van der Waals surface area contributed by atoms with Crippen LogP contribution in [0.5, 0.6) is 0 Å². The number of nitriles is 1. The summed E-state index contributed by atoms with van der Waals surface area (Å²) in [7, 11) is -3.56. The summed E-state index contributed by atoms with van der Waals surface area (Å²) >= 11 is 1.52. The van der Waals surface area contributed by atoms with Crippen LogP contribution in [0, 0.1) is 11.3 Å². The van der Waals surface area contributed by atoms with Crippen molar-refractivity contribution in [3.8, 4) is 6.07 Å². The van der Waals surface area contributed by atoms with Crippen molar-refractivity contribution in [2.75, 3.05) is 38.0 Å². The Hall–Kier alpha value is -2.77. The zero-order valence-corrected chi connectivity index (χ0v) is 20.4. The number of hydrogen-bond donors (Lipinski definition) is 1. The standard InChI is InChI=1S/C25H26N4O3S2/c26-17-22-21-6-3-7-23(21)33-25(22)27-24(30)10-11-28-12-14-29(15-13-28)34(31,32)20-9-8-18-4-1-2-5-19(18)16-20/h1-2,4-5,8-9,16H,3,6-7,10-15H2,(H,27,30). The van der Waals surface area contributed by atoms with E-state index < -0.39 is 10.0 Å². The molecule has 0 unspecified atom stereocenters. The van der Waals surface area contributed by atoms with Crippen molar-refractivity contribution in [1.29, 1.82) is 5.26 Å². The van der Waals surface area contributed by atoms with Crippen LogP contribution in [0.25, 0.3) is 10.8 Å². The number of benzene rings is 2. The number of carbonyl (C=O) groups excluding carboxylic acids is 1. The van der Waals surface area contributed by atoms with E-state index in [0.717, 1.165) is 35.6 Å². The van der Waals surface area contributed by atoms with Gasteiger partial charge in [-0.05, 0) is 47.7 Å². The summed E-state index contributed by atoms with van der Waals surface area (Å²) in [6, 6.07) is 15.2. The molecule has 1 N–H and O–H groups in total. The van der Waals surface area contributed by atoms with Crippen molar-refractivity contribution in [3.63, 3.8) is 0 Å². The number of piperazine rings is 1. The lowest BCUT2D eigenvalue weighted by Gasteiger charge is -2.33. The van der Waals surface area contributed by atoms with E-state index in [1.54, 1.807) is 12.1 Å². The Morgan fingerprint density at radius 1 is 1.06 bits per heavy atom. The van der Waals surface area contributed by atoms with Crippen LogP contribution in [0.1, 0.15) is 28.8 Å². The second kappa shape index (κ2) is 9.47. The lowest BCUT2D eigenvalue weighted by Crippen LogP contribution is -2.49. The first-order valence-corrected chi connectivity index (χ1v) is 13.8. The summed E-state index contributed by atoms with van der Waals surface area (Å²) in [6.45, 7) is 2.51. The number of anilines is 1. The first kappa shape index (κ1) is 23.0. The number of hydrogen-bond acceptors (Lipinski definition) is 6. The average molecular weight is 495 g/mol. The monoisotopic (exact) mass is 494 g/mol. The van der Waals surface area contributed by atoms with E-state index in [1.807, 2.05) is 30.3 Å². The van der Waals surface area contributed by atoms with Gasteiger partial charge in [0.2, 0.25) is 15.9 Å². The number of fused-ring (bicyclic) bond motifs is 2. The fourth-order valence-corrected chi connectivity index (χ4v) is 7.44. The Morgan fingerprint density at radius 3 is 2.59 bits per heavy atom. The molecule has 0 atom stereocenters. The lowest BCUT2D eigenvalue weighted by atomic mass is 10.1. The van der Waals surface area contributed by atoms with Gasteiger partial charge in [0.05, 0.1) is 10.5 Å². The van der Waals surface area contributed by atoms with Gasteiger partial charge in [0.25, 0.3) is 0 Å². The summed E-state index contributed by atoms with van der Waals surface area (Å²) in [5.74, 6) is -0.109. The molecule has 1 fully saturated rings. The van der Waals surface area contributed by atoms with Crippen LogP contribution in [0.3, 0.4) is 0 Å². The van der Waals surface area contributed by atoms with Crippen LogP contribution < -0.4 is 5.32 Å². The van der Waals surface area contributed by atoms with Gasteiger partial charge in [0.1, 0.15) is 11.1 Å². The predicted molar refractivity (Wildman–Crippen MR) is 133 cm³/mol. The molecule has 0 bridgehead atoms. The van der Waals surface area contributed by atoms with Crippen molar-refractivity contribution in [2.45, 2.75) is 30.6 Å². The first-order chi connectivity index (χ1) is 16.5. The zero-order chi connectivity index (χ0) is 23.7. The summed E-state index contributed by atoms with van der Waals surface area (Å²) in [5.41, 5.74) is 1.73. The van der Waals surface area contributed by atoms with Gasteiger partial charge in [-0.2, -0.15) is 9.57 Å². The molecular formula is C25H26N4O3S2. The molecule has 2 aromatic carbocycles. The zero-order valence-electron chi connectivity index (χ0n) is 18.8. The highest BCUT2D eigenvalue weighted by atomic mass is 32.2. The molecule has 1 aromatic heterocycles. The minimum Gasteiger partial charge on any atom is -0.317 e. The van der Waals surface area contributed by atoms with Gasteiger partial charge in [-0.1, -0.05) is 30.3 Å². The Labute approximate surface area is 203 Å². The first-order valence-electron chi connectivity index (χ1n) is 11.5. The predicted octanol–water partition coefficient (Wildman–Crippen LogP) is 3.60. The van der Waals surface area contributed by atoms with Gasteiger partial charge in [0.15, 0.2) is 0 Å². The summed E-state index contributed by atoms with van der Waals surface area (Å²) in [5, 5.41) is 15.0. The highest BCUT2D eigenvalue weighted by Gasteiger charge is 2.29. The Balaban J connectivity index is 1.15. The van der Waals surface area contributed by atoms with E-state index in [0.29, 0.717) is 54.6 Å². The largest absolute Gasteiger partial charge is 0.317 e. The normalized spacial score (nSPS) is 16.9. The third-order valence-electron chi connectivity index (χ3n) is 6.63. The number of nitrogens with zero attached hydrogens (tertiary/aromatic N) is 3. The van der Waals surface area contributed by atoms with Crippen molar-refractivity contribution in [2.24, 2.45) is 0 Å². The average Bonchev–Trinajstić information content (AvgIpc) is 3.43. The van der Waals surface area contributed by atoms with Crippen LogP contribution in [0.2, 0.25) is 0 Å². The number of sulfonamides is 1. The van der Waals surface area contributed by atoms with Crippen molar-refractivity contribution < 1.29 is 13.2 Å². The quantitative estimate of drug-likeness (QED) is 0.565. The van der Waals surface area contributed by atoms with Crippen LogP contribution in [0.4, 0.5) is 5.00 Å². The molecule has 9 heteroatoms. The molecule has 1 aliphatic carbocycles. The van der Waals surface area contributed by atoms with Crippen LogP contribution >= 0.6 is 11.3 Å². The number of rotatable bonds is 6. The maximum atomic E-state index is 13.1. The second-order valence-corrected chi connectivity index (χ2v) is 11.8. The molecule has 0 spiro atoms. The van der Waals surface area contributed by atoms with Crippen molar-refractivity contribution >= 4 is 43.0 Å². The van der Waals surface area contributed by atoms with E-state index in [1.165, 1.54) is 20.5 Å². The van der Waals surface area contributed by atoms with E-state index in [-0.39, 0.29) is 5.91 Å². The second-order valence-electron chi connectivity index (χ2n) is 8.73. The van der Waals surface area contributed by atoms with E-state index in [9.17, 15) is 18.5 Å². The third kappa shape index (κ3) is 4.46. The summed E-state index contributed by atoms with van der Waals surface area (Å²) < 4.78 is 27.8. The maximum absolute atomic E-state index is 13.1. The van der Waals surface area contributed by atoms with Gasteiger partial charge in [-0.3, -0.25) is 4.79 Å². The van der Waals surface area contributed by atoms with Gasteiger partial charge < -0.3 is 10.2 Å². The number of amides is 1. The van der Waals surface area contributed by atoms with Crippen LogP contribution in [0.15, 0.2) is 47.4 Å². The molecule has 176 valence electrons. The fourth-order valence-electron chi connectivity index (χ4n) is 4.73. The molecule has 7 nitrogen and oxygen atoms in total. The topological polar surface area (TPSA) is 93.5 Å². The highest BCUT2D eigenvalue weighted by molar-refractivity contribution is 7.89. The van der Waals surface area contributed by atoms with Gasteiger partial charge in [0, 0.05) is 44.0 Å². The molecule has 0 radical (unpaired) electrons. The van der Waals surface area contributed by atoms with E-state index in [2.05, 4.69) is 16.3 Å². The number of thiophene rings is 1. The molecule has 2 aliphatic rings. The van der Waals surface area contributed by atoms with Gasteiger partial charge in [-0.25, -0.2) is 8.42 Å². The fraction of sp³-hybridized carbons (Fsp3) is 0.360. The minimum atomic E-state index is -3.56. The minimum absolute atomic E-state index is 0.109. The van der Waals surface area contributed by atoms with E-state index in [4.69, 9.17) is 0 Å². The highest BCUT2D eigenvalue weighted by Crippen LogP contribution is 2.38. The summed E-state index contributed by atoms with van der Waals surface area (Å²) in [4.78, 5) is 16.2. The van der Waals surface area contributed by atoms with Crippen molar-refractivity contribution in [1.82, 2.24) is 9.21 Å². The molecule has 1 aliphatic heterocycles. The van der Waals surface area contributed by atoms with Gasteiger partial charge >= 0.3 is 0 Å². The molecule has 5 rings (SSSR count). The Kier molecular flexibility index (Phi) is 6.40. The number of nitrogens with one attached hydrogen (secondary N) is 1. The van der Waals surface area contributed by atoms with Crippen LogP contribution in [-0.2, 0) is 27.7 Å². The maximum Gasteiger partial charge on any atom is 0.243 e. The molecule has 1 saturated heterocycles. The van der Waals surface area contributed by atoms with Gasteiger partial charge in [-0.15, -0.1) is 11.3 Å².